The average molecular weight is 264 g/mol. The maximum absolute atomic E-state index is 5.13. The van der Waals surface area contributed by atoms with Crippen LogP contribution < -0.4 is 5.32 Å². The third-order valence-corrected chi connectivity index (χ3v) is 4.15. The van der Waals surface area contributed by atoms with E-state index in [1.165, 1.54) is 14.2 Å². The fourth-order valence-corrected chi connectivity index (χ4v) is 2.80. The number of rotatable bonds is 4. The molecule has 0 aliphatic rings. The summed E-state index contributed by atoms with van der Waals surface area (Å²) in [5, 5.41) is 3.22. The van der Waals surface area contributed by atoms with Gasteiger partial charge in [0.1, 0.15) is 0 Å². The molecule has 0 bridgehead atoms. The SMILES string of the molecule is CNC(COC)c1cc(C)c(Br)s1. The molecular weight excluding hydrogens is 250 g/mol. The number of thiophene rings is 1. The number of hydrogen-bond acceptors (Lipinski definition) is 3. The van der Waals surface area contributed by atoms with E-state index in [9.17, 15) is 0 Å². The molecule has 4 heteroatoms. The first-order chi connectivity index (χ1) is 6.19. The molecule has 1 aromatic heterocycles. The van der Waals surface area contributed by atoms with E-state index >= 15 is 0 Å². The predicted molar refractivity (Wildman–Crippen MR) is 60.4 cm³/mol. The quantitative estimate of drug-likeness (QED) is 0.902. The zero-order valence-corrected chi connectivity index (χ0v) is 10.5. The smallest absolute Gasteiger partial charge is 0.0731 e. The van der Waals surface area contributed by atoms with Crippen LogP contribution in [0.5, 0.6) is 0 Å². The fraction of sp³-hybridized carbons (Fsp3) is 0.556. The molecule has 1 aromatic rings. The molecule has 1 heterocycles. The Morgan fingerprint density at radius 2 is 2.38 bits per heavy atom. The lowest BCUT2D eigenvalue weighted by Crippen LogP contribution is -2.19. The third-order valence-electron chi connectivity index (χ3n) is 1.90. The highest BCUT2D eigenvalue weighted by molar-refractivity contribution is 9.11. The van der Waals surface area contributed by atoms with Crippen molar-refractivity contribution in [1.29, 1.82) is 0 Å². The molecule has 0 fully saturated rings. The van der Waals surface area contributed by atoms with Gasteiger partial charge in [0.15, 0.2) is 0 Å². The predicted octanol–water partition coefficient (Wildman–Crippen LogP) is 2.73. The van der Waals surface area contributed by atoms with Crippen LogP contribution in [0.2, 0.25) is 0 Å². The van der Waals surface area contributed by atoms with Gasteiger partial charge in [-0.2, -0.15) is 0 Å². The largest absolute Gasteiger partial charge is 0.383 e. The normalized spacial score (nSPS) is 13.2. The molecule has 0 amide bonds. The van der Waals surface area contributed by atoms with Crippen LogP contribution in [0.25, 0.3) is 0 Å². The van der Waals surface area contributed by atoms with Gasteiger partial charge in [-0.25, -0.2) is 0 Å². The molecule has 1 N–H and O–H groups in total. The summed E-state index contributed by atoms with van der Waals surface area (Å²) in [5.41, 5.74) is 1.29. The molecule has 1 rings (SSSR count). The van der Waals surface area contributed by atoms with E-state index < -0.39 is 0 Å². The summed E-state index contributed by atoms with van der Waals surface area (Å²) in [5.74, 6) is 0. The van der Waals surface area contributed by atoms with Crippen LogP contribution in [-0.4, -0.2) is 20.8 Å². The third kappa shape index (κ3) is 2.77. The monoisotopic (exact) mass is 263 g/mol. The standard InChI is InChI=1S/C9H14BrNOS/c1-6-4-8(13-9(6)10)7(11-2)5-12-3/h4,7,11H,5H2,1-3H3. The topological polar surface area (TPSA) is 21.3 Å². The van der Waals surface area contributed by atoms with Gasteiger partial charge in [-0.05, 0) is 41.5 Å². The Morgan fingerprint density at radius 1 is 1.69 bits per heavy atom. The van der Waals surface area contributed by atoms with Gasteiger partial charge in [0.25, 0.3) is 0 Å². The van der Waals surface area contributed by atoms with Crippen LogP contribution in [0.3, 0.4) is 0 Å². The highest BCUT2D eigenvalue weighted by atomic mass is 79.9. The molecule has 0 aliphatic carbocycles. The van der Waals surface area contributed by atoms with Gasteiger partial charge in [-0.15, -0.1) is 11.3 Å². The first-order valence-electron chi connectivity index (χ1n) is 4.11. The lowest BCUT2D eigenvalue weighted by atomic mass is 10.2. The molecule has 74 valence electrons. The highest BCUT2D eigenvalue weighted by Gasteiger charge is 2.12. The van der Waals surface area contributed by atoms with E-state index in [4.69, 9.17) is 4.74 Å². The summed E-state index contributed by atoms with van der Waals surface area (Å²) in [7, 11) is 3.67. The van der Waals surface area contributed by atoms with E-state index in [2.05, 4.69) is 34.2 Å². The molecule has 0 saturated heterocycles. The van der Waals surface area contributed by atoms with Crippen molar-refractivity contribution in [3.63, 3.8) is 0 Å². The van der Waals surface area contributed by atoms with Crippen molar-refractivity contribution in [3.8, 4) is 0 Å². The molecule has 2 nitrogen and oxygen atoms in total. The van der Waals surface area contributed by atoms with Gasteiger partial charge in [0.2, 0.25) is 0 Å². The maximum Gasteiger partial charge on any atom is 0.0731 e. The minimum absolute atomic E-state index is 0.306. The minimum Gasteiger partial charge on any atom is -0.383 e. The maximum atomic E-state index is 5.13. The second-order valence-electron chi connectivity index (χ2n) is 2.90. The summed E-state index contributed by atoms with van der Waals surface area (Å²) < 4.78 is 6.33. The molecule has 1 atom stereocenters. The van der Waals surface area contributed by atoms with Crippen molar-refractivity contribution in [2.24, 2.45) is 0 Å². The second-order valence-corrected chi connectivity index (χ2v) is 5.30. The van der Waals surface area contributed by atoms with Crippen LogP contribution in [0.15, 0.2) is 9.85 Å². The number of ether oxygens (including phenoxy) is 1. The summed E-state index contributed by atoms with van der Waals surface area (Å²) in [4.78, 5) is 1.31. The van der Waals surface area contributed by atoms with Crippen LogP contribution in [0.4, 0.5) is 0 Å². The number of hydrogen-bond donors (Lipinski definition) is 1. The molecule has 0 saturated carbocycles. The number of likely N-dealkylation sites (N-methyl/N-ethyl adjacent to an activating group) is 1. The lowest BCUT2D eigenvalue weighted by molar-refractivity contribution is 0.171. The van der Waals surface area contributed by atoms with Gasteiger partial charge in [0, 0.05) is 12.0 Å². The molecule has 0 spiro atoms. The first-order valence-corrected chi connectivity index (χ1v) is 5.72. The van der Waals surface area contributed by atoms with Crippen molar-refractivity contribution < 1.29 is 4.74 Å². The van der Waals surface area contributed by atoms with Crippen LogP contribution in [0.1, 0.15) is 16.5 Å². The Hall–Kier alpha value is 0.1000. The molecule has 0 aliphatic heterocycles. The number of nitrogens with one attached hydrogen (secondary N) is 1. The summed E-state index contributed by atoms with van der Waals surface area (Å²) in [6.07, 6.45) is 0. The van der Waals surface area contributed by atoms with Gasteiger partial charge >= 0.3 is 0 Å². The molecule has 1 unspecified atom stereocenters. The highest BCUT2D eigenvalue weighted by Crippen LogP contribution is 2.31. The fourth-order valence-electron chi connectivity index (χ4n) is 1.13. The Balaban J connectivity index is 2.78. The molecule has 13 heavy (non-hydrogen) atoms. The molecule has 0 aromatic carbocycles. The van der Waals surface area contributed by atoms with Crippen LogP contribution in [0, 0.1) is 6.92 Å². The van der Waals surface area contributed by atoms with E-state index in [0.29, 0.717) is 12.6 Å². The van der Waals surface area contributed by atoms with Crippen molar-refractivity contribution in [1.82, 2.24) is 5.32 Å². The zero-order chi connectivity index (χ0) is 9.84. The van der Waals surface area contributed by atoms with E-state index in [1.807, 2.05) is 7.05 Å². The second kappa shape index (κ2) is 5.10. The molecular formula is C9H14BrNOS. The summed E-state index contributed by atoms with van der Waals surface area (Å²) in [6.45, 7) is 2.81. The summed E-state index contributed by atoms with van der Waals surface area (Å²) in [6, 6.07) is 2.49. The van der Waals surface area contributed by atoms with Gasteiger partial charge in [0.05, 0.1) is 16.4 Å². The van der Waals surface area contributed by atoms with Crippen LogP contribution in [-0.2, 0) is 4.74 Å². The Morgan fingerprint density at radius 3 is 2.77 bits per heavy atom. The Kier molecular flexibility index (Phi) is 4.38. The van der Waals surface area contributed by atoms with Gasteiger partial charge < -0.3 is 10.1 Å². The Labute approximate surface area is 91.4 Å². The van der Waals surface area contributed by atoms with Crippen molar-refractivity contribution >= 4 is 27.3 Å². The zero-order valence-electron chi connectivity index (χ0n) is 8.06. The lowest BCUT2D eigenvalue weighted by Gasteiger charge is -2.12. The van der Waals surface area contributed by atoms with E-state index in [-0.39, 0.29) is 0 Å². The van der Waals surface area contributed by atoms with E-state index in [1.54, 1.807) is 18.4 Å². The van der Waals surface area contributed by atoms with Gasteiger partial charge in [-0.1, -0.05) is 0 Å². The van der Waals surface area contributed by atoms with Crippen LogP contribution >= 0.6 is 27.3 Å². The first kappa shape index (κ1) is 11.2. The van der Waals surface area contributed by atoms with Gasteiger partial charge in [-0.3, -0.25) is 0 Å². The summed E-state index contributed by atoms with van der Waals surface area (Å²) >= 11 is 5.28. The Bertz CT molecular complexity index is 255. The average Bonchev–Trinajstić information content (AvgIpc) is 2.43. The van der Waals surface area contributed by atoms with Crippen molar-refractivity contribution in [2.45, 2.75) is 13.0 Å². The van der Waals surface area contributed by atoms with Crippen molar-refractivity contribution in [2.75, 3.05) is 20.8 Å². The molecule has 0 radical (unpaired) electrons. The van der Waals surface area contributed by atoms with E-state index in [0.717, 1.165) is 0 Å². The minimum atomic E-state index is 0.306. The van der Waals surface area contributed by atoms with Crippen molar-refractivity contribution in [3.05, 3.63) is 20.3 Å². The number of methoxy groups -OCH3 is 1. The number of halogens is 1. The number of aryl methyl sites for hydroxylation is 1.